The summed E-state index contributed by atoms with van der Waals surface area (Å²) < 4.78 is 5.80. The van der Waals surface area contributed by atoms with Crippen LogP contribution in [0.5, 0.6) is 5.88 Å². The maximum atomic E-state index is 5.80. The predicted molar refractivity (Wildman–Crippen MR) is 75.3 cm³/mol. The fourth-order valence-corrected chi connectivity index (χ4v) is 1.38. The molecule has 4 heteroatoms. The second-order valence-electron chi connectivity index (χ2n) is 5.53. The fraction of sp³-hybridized carbons (Fsp3) is 0.714. The van der Waals surface area contributed by atoms with Crippen LogP contribution in [0.4, 0.5) is 5.82 Å². The Morgan fingerprint density at radius 2 is 1.94 bits per heavy atom. The molecule has 4 nitrogen and oxygen atoms in total. The van der Waals surface area contributed by atoms with Gasteiger partial charge in [-0.2, -0.15) is 4.98 Å². The number of hydrogen-bond acceptors (Lipinski definition) is 4. The van der Waals surface area contributed by atoms with Crippen LogP contribution in [0.3, 0.4) is 0 Å². The lowest BCUT2D eigenvalue weighted by molar-refractivity contribution is 0.207. The Hall–Kier alpha value is -1.32. The summed E-state index contributed by atoms with van der Waals surface area (Å²) in [6.45, 7) is 13.3. The Kier molecular flexibility index (Phi) is 4.93. The fourth-order valence-electron chi connectivity index (χ4n) is 1.38. The van der Waals surface area contributed by atoms with E-state index in [0.717, 1.165) is 24.6 Å². The molecule has 0 saturated carbocycles. The van der Waals surface area contributed by atoms with Crippen molar-refractivity contribution >= 4 is 5.82 Å². The number of nitrogens with zero attached hydrogens (tertiary/aromatic N) is 2. The van der Waals surface area contributed by atoms with Crippen molar-refractivity contribution in [3.8, 4) is 5.88 Å². The molecule has 1 aromatic rings. The van der Waals surface area contributed by atoms with Crippen LogP contribution in [-0.2, 0) is 5.41 Å². The molecule has 0 fully saturated rings. The van der Waals surface area contributed by atoms with Crippen LogP contribution < -0.4 is 10.1 Å². The molecule has 1 unspecified atom stereocenters. The van der Waals surface area contributed by atoms with Crippen molar-refractivity contribution in [2.75, 3.05) is 11.9 Å². The molecule has 0 aliphatic heterocycles. The van der Waals surface area contributed by atoms with Crippen molar-refractivity contribution in [2.24, 2.45) is 0 Å². The lowest BCUT2D eigenvalue weighted by Gasteiger charge is -2.20. The zero-order valence-corrected chi connectivity index (χ0v) is 12.4. The first-order valence-corrected chi connectivity index (χ1v) is 6.66. The minimum Gasteiger partial charge on any atom is -0.475 e. The van der Waals surface area contributed by atoms with Gasteiger partial charge in [0.25, 0.3) is 0 Å². The lowest BCUT2D eigenvalue weighted by atomic mass is 9.96. The van der Waals surface area contributed by atoms with Gasteiger partial charge < -0.3 is 10.1 Å². The molecule has 0 bridgehead atoms. The molecule has 18 heavy (non-hydrogen) atoms. The van der Waals surface area contributed by atoms with Crippen LogP contribution in [0.2, 0.25) is 0 Å². The van der Waals surface area contributed by atoms with Crippen molar-refractivity contribution < 1.29 is 4.74 Å². The molecule has 1 rings (SSSR count). The maximum Gasteiger partial charge on any atom is 0.219 e. The van der Waals surface area contributed by atoms with Gasteiger partial charge in [-0.15, -0.1) is 0 Å². The highest BCUT2D eigenvalue weighted by molar-refractivity contribution is 5.39. The Bertz CT molecular complexity index is 385. The highest BCUT2D eigenvalue weighted by atomic mass is 16.5. The molecule has 0 aliphatic rings. The second-order valence-corrected chi connectivity index (χ2v) is 5.53. The van der Waals surface area contributed by atoms with Gasteiger partial charge in [0.2, 0.25) is 5.88 Å². The van der Waals surface area contributed by atoms with E-state index in [1.807, 2.05) is 19.9 Å². The van der Waals surface area contributed by atoms with Crippen LogP contribution in [-0.4, -0.2) is 22.6 Å². The Labute approximate surface area is 110 Å². The third-order valence-corrected chi connectivity index (χ3v) is 2.63. The van der Waals surface area contributed by atoms with Crippen molar-refractivity contribution in [3.63, 3.8) is 0 Å². The van der Waals surface area contributed by atoms with Crippen molar-refractivity contribution in [2.45, 2.75) is 59.5 Å². The molecule has 0 aliphatic carbocycles. The van der Waals surface area contributed by atoms with E-state index in [1.54, 1.807) is 0 Å². The summed E-state index contributed by atoms with van der Waals surface area (Å²) >= 11 is 0. The molecule has 1 N–H and O–H groups in total. The standard InChI is InChI=1S/C14H25N3O/c1-7-10(3)18-12-9-11(15-8-2)16-13(17-12)14(4,5)6/h9-10H,7-8H2,1-6H3,(H,15,16,17). The largest absolute Gasteiger partial charge is 0.475 e. The summed E-state index contributed by atoms with van der Waals surface area (Å²) in [4.78, 5) is 9.03. The highest BCUT2D eigenvalue weighted by Crippen LogP contribution is 2.23. The van der Waals surface area contributed by atoms with E-state index in [1.165, 1.54) is 0 Å². The normalized spacial score (nSPS) is 13.2. The second kappa shape index (κ2) is 6.03. The summed E-state index contributed by atoms with van der Waals surface area (Å²) in [5.41, 5.74) is -0.0843. The maximum absolute atomic E-state index is 5.80. The average molecular weight is 251 g/mol. The molecule has 1 atom stereocenters. The van der Waals surface area contributed by atoms with Crippen molar-refractivity contribution in [3.05, 3.63) is 11.9 Å². The monoisotopic (exact) mass is 251 g/mol. The van der Waals surface area contributed by atoms with Gasteiger partial charge in [-0.3, -0.25) is 0 Å². The van der Waals surface area contributed by atoms with Gasteiger partial charge in [0, 0.05) is 18.0 Å². The minimum atomic E-state index is -0.0843. The summed E-state index contributed by atoms with van der Waals surface area (Å²) in [5, 5.41) is 3.22. The van der Waals surface area contributed by atoms with Gasteiger partial charge >= 0.3 is 0 Å². The number of rotatable bonds is 5. The topological polar surface area (TPSA) is 47.0 Å². The van der Waals surface area contributed by atoms with E-state index in [4.69, 9.17) is 4.74 Å². The molecule has 1 aromatic heterocycles. The zero-order valence-electron chi connectivity index (χ0n) is 12.4. The van der Waals surface area contributed by atoms with Gasteiger partial charge in [-0.05, 0) is 20.3 Å². The lowest BCUT2D eigenvalue weighted by Crippen LogP contribution is -2.19. The minimum absolute atomic E-state index is 0.0843. The highest BCUT2D eigenvalue weighted by Gasteiger charge is 2.20. The first-order valence-electron chi connectivity index (χ1n) is 6.66. The van der Waals surface area contributed by atoms with E-state index in [9.17, 15) is 0 Å². The van der Waals surface area contributed by atoms with Gasteiger partial charge in [0.05, 0.1) is 6.10 Å². The molecule has 102 valence electrons. The number of anilines is 1. The number of hydrogen-bond donors (Lipinski definition) is 1. The summed E-state index contributed by atoms with van der Waals surface area (Å²) in [6.07, 6.45) is 1.13. The number of nitrogens with one attached hydrogen (secondary N) is 1. The molecule has 1 heterocycles. The summed E-state index contributed by atoms with van der Waals surface area (Å²) in [7, 11) is 0. The average Bonchev–Trinajstić information content (AvgIpc) is 2.27. The van der Waals surface area contributed by atoms with Gasteiger partial charge in [0.15, 0.2) is 0 Å². The molecule has 0 spiro atoms. The van der Waals surface area contributed by atoms with Crippen LogP contribution in [0.25, 0.3) is 0 Å². The SMILES string of the molecule is CCNc1cc(OC(C)CC)nc(C(C)(C)C)n1. The van der Waals surface area contributed by atoms with Crippen LogP contribution in [0.15, 0.2) is 6.07 Å². The third kappa shape index (κ3) is 4.17. The van der Waals surface area contributed by atoms with Crippen LogP contribution in [0, 0.1) is 0 Å². The zero-order chi connectivity index (χ0) is 13.8. The van der Waals surface area contributed by atoms with Crippen LogP contribution in [0.1, 0.15) is 53.8 Å². The van der Waals surface area contributed by atoms with Gasteiger partial charge in [-0.1, -0.05) is 27.7 Å². The first kappa shape index (κ1) is 14.7. The first-order chi connectivity index (χ1) is 8.36. The molecular formula is C14H25N3O. The number of aromatic nitrogens is 2. The van der Waals surface area contributed by atoms with Gasteiger partial charge in [0.1, 0.15) is 11.6 Å². The van der Waals surface area contributed by atoms with E-state index in [0.29, 0.717) is 5.88 Å². The van der Waals surface area contributed by atoms with Crippen molar-refractivity contribution in [1.29, 1.82) is 0 Å². The summed E-state index contributed by atoms with van der Waals surface area (Å²) in [6, 6.07) is 1.87. The molecule has 0 amide bonds. The Morgan fingerprint density at radius 3 is 2.44 bits per heavy atom. The van der Waals surface area contributed by atoms with E-state index >= 15 is 0 Å². The Morgan fingerprint density at radius 1 is 1.28 bits per heavy atom. The number of ether oxygens (including phenoxy) is 1. The molecule has 0 aromatic carbocycles. The summed E-state index contributed by atoms with van der Waals surface area (Å²) in [5.74, 6) is 2.29. The molecule has 0 radical (unpaired) electrons. The molecule has 0 saturated heterocycles. The third-order valence-electron chi connectivity index (χ3n) is 2.63. The van der Waals surface area contributed by atoms with Crippen LogP contribution >= 0.6 is 0 Å². The molecular weight excluding hydrogens is 226 g/mol. The van der Waals surface area contributed by atoms with E-state index < -0.39 is 0 Å². The van der Waals surface area contributed by atoms with E-state index in [-0.39, 0.29) is 11.5 Å². The predicted octanol–water partition coefficient (Wildman–Crippen LogP) is 3.38. The van der Waals surface area contributed by atoms with Crippen molar-refractivity contribution in [1.82, 2.24) is 9.97 Å². The van der Waals surface area contributed by atoms with E-state index in [2.05, 4.69) is 43.0 Å². The van der Waals surface area contributed by atoms with Gasteiger partial charge in [-0.25, -0.2) is 4.98 Å². The Balaban J connectivity index is 3.06. The smallest absolute Gasteiger partial charge is 0.219 e. The quantitative estimate of drug-likeness (QED) is 0.871.